The highest BCUT2D eigenvalue weighted by Crippen LogP contribution is 2.37. The van der Waals surface area contributed by atoms with Gasteiger partial charge >= 0.3 is 0 Å². The molecule has 0 bridgehead atoms. The highest BCUT2D eigenvalue weighted by atomic mass is 16.5. The van der Waals surface area contributed by atoms with Crippen LogP contribution in [0.25, 0.3) is 33.3 Å². The zero-order valence-electron chi connectivity index (χ0n) is 23.6. The molecule has 1 aromatic heterocycles. The molecule has 0 atom stereocenters. The molecule has 5 aromatic rings. The molecule has 0 amide bonds. The molecule has 4 nitrogen and oxygen atoms in total. The third-order valence-electron chi connectivity index (χ3n) is 8.23. The number of hydrogen-bond donors (Lipinski definition) is 1. The van der Waals surface area contributed by atoms with Crippen LogP contribution in [0, 0.1) is 13.8 Å². The lowest BCUT2D eigenvalue weighted by Gasteiger charge is -2.26. The zero-order chi connectivity index (χ0) is 27.5. The summed E-state index contributed by atoms with van der Waals surface area (Å²) >= 11 is 0. The molecule has 1 aliphatic rings. The number of nitrogens with zero attached hydrogens (tertiary/aromatic N) is 2. The lowest BCUT2D eigenvalue weighted by molar-refractivity contribution is 0.183. The van der Waals surface area contributed by atoms with Crippen LogP contribution in [0.2, 0.25) is 0 Å². The number of benzene rings is 4. The molecule has 1 aliphatic heterocycles. The lowest BCUT2D eigenvalue weighted by atomic mass is 10.0. The third-order valence-corrected chi connectivity index (χ3v) is 8.23. The predicted molar refractivity (Wildman–Crippen MR) is 165 cm³/mol. The van der Waals surface area contributed by atoms with Crippen LogP contribution in [-0.2, 0) is 6.54 Å². The summed E-state index contributed by atoms with van der Waals surface area (Å²) in [6, 6.07) is 31.6. The number of piperidine rings is 1. The summed E-state index contributed by atoms with van der Waals surface area (Å²) in [5, 5.41) is 11.0. The highest BCUT2D eigenvalue weighted by Gasteiger charge is 2.17. The van der Waals surface area contributed by atoms with Gasteiger partial charge in [-0.05, 0) is 104 Å². The molecular weight excluding hydrogens is 492 g/mol. The molecule has 4 aromatic carbocycles. The van der Waals surface area contributed by atoms with Crippen LogP contribution in [0.4, 0.5) is 0 Å². The van der Waals surface area contributed by atoms with Crippen molar-refractivity contribution in [3.63, 3.8) is 0 Å². The summed E-state index contributed by atoms with van der Waals surface area (Å²) in [5.41, 5.74) is 9.72. The second-order valence-electron chi connectivity index (χ2n) is 11.1. The fourth-order valence-electron chi connectivity index (χ4n) is 5.95. The van der Waals surface area contributed by atoms with Crippen LogP contribution in [0.1, 0.15) is 36.0 Å². The van der Waals surface area contributed by atoms with Gasteiger partial charge in [-0.25, -0.2) is 0 Å². The quantitative estimate of drug-likeness (QED) is 0.220. The summed E-state index contributed by atoms with van der Waals surface area (Å²) in [6.07, 6.45) is 3.98. The lowest BCUT2D eigenvalue weighted by Crippen LogP contribution is -2.33. The van der Waals surface area contributed by atoms with Crippen LogP contribution in [-0.4, -0.2) is 40.8 Å². The number of fused-ring (bicyclic) bond motifs is 1. The second-order valence-corrected chi connectivity index (χ2v) is 11.1. The van der Waals surface area contributed by atoms with Crippen LogP contribution in [0.15, 0.2) is 91.0 Å². The maximum atomic E-state index is 9.75. The van der Waals surface area contributed by atoms with E-state index in [0.29, 0.717) is 0 Å². The molecule has 204 valence electrons. The fraction of sp³-hybridized carbons (Fsp3) is 0.278. The largest absolute Gasteiger partial charge is 0.508 e. The first-order chi connectivity index (χ1) is 19.5. The summed E-state index contributed by atoms with van der Waals surface area (Å²) in [4.78, 5) is 2.51. The number of aromatic hydroxyl groups is 1. The number of phenols is 1. The SMILES string of the molecule is Cc1ccc(-c2c(C)c3cc(-c4ccc(O)cc4)ccc3n2Cc2ccc(OCCN3CCCCC3)cc2)cc1. The second kappa shape index (κ2) is 11.6. The first kappa shape index (κ1) is 26.2. The Kier molecular flexibility index (Phi) is 7.61. The smallest absolute Gasteiger partial charge is 0.119 e. The minimum atomic E-state index is 0.284. The highest BCUT2D eigenvalue weighted by molar-refractivity contribution is 5.94. The van der Waals surface area contributed by atoms with Crippen LogP contribution < -0.4 is 4.74 Å². The summed E-state index contributed by atoms with van der Waals surface area (Å²) in [5.74, 6) is 1.22. The average molecular weight is 531 g/mol. The van der Waals surface area contributed by atoms with Crippen molar-refractivity contribution >= 4 is 10.9 Å². The molecule has 1 N–H and O–H groups in total. The van der Waals surface area contributed by atoms with E-state index >= 15 is 0 Å². The summed E-state index contributed by atoms with van der Waals surface area (Å²) < 4.78 is 8.54. The van der Waals surface area contributed by atoms with Crippen LogP contribution in [0.3, 0.4) is 0 Å². The summed E-state index contributed by atoms with van der Waals surface area (Å²) in [7, 11) is 0. The Morgan fingerprint density at radius 3 is 2.12 bits per heavy atom. The molecule has 40 heavy (non-hydrogen) atoms. The molecule has 1 fully saturated rings. The van der Waals surface area contributed by atoms with E-state index in [2.05, 4.69) is 90.0 Å². The van der Waals surface area contributed by atoms with Crippen molar-refractivity contribution in [3.05, 3.63) is 108 Å². The number of phenolic OH excluding ortho intramolecular Hbond substituents is 1. The van der Waals surface area contributed by atoms with Gasteiger partial charge in [0.25, 0.3) is 0 Å². The minimum Gasteiger partial charge on any atom is -0.508 e. The van der Waals surface area contributed by atoms with Gasteiger partial charge in [0.2, 0.25) is 0 Å². The summed E-state index contributed by atoms with van der Waals surface area (Å²) in [6.45, 7) is 9.28. The van der Waals surface area contributed by atoms with Gasteiger partial charge in [-0.2, -0.15) is 0 Å². The molecular formula is C36H38N2O2. The fourth-order valence-corrected chi connectivity index (χ4v) is 5.95. The molecule has 0 spiro atoms. The number of aromatic nitrogens is 1. The molecule has 4 heteroatoms. The standard InChI is InChI=1S/C36H38N2O2/c1-26-6-10-30(11-7-26)36-27(2)34-24-31(29-12-15-32(39)16-13-29)14-19-35(34)38(36)25-28-8-17-33(18-9-28)40-23-22-37-20-4-3-5-21-37/h6-19,24,39H,3-5,20-23,25H2,1-2H3. The Hall–Kier alpha value is -4.02. The van der Waals surface area contributed by atoms with E-state index in [1.54, 1.807) is 12.1 Å². The Morgan fingerprint density at radius 2 is 1.40 bits per heavy atom. The Balaban J connectivity index is 1.29. The van der Waals surface area contributed by atoms with Crippen LogP contribution >= 0.6 is 0 Å². The zero-order valence-corrected chi connectivity index (χ0v) is 23.6. The van der Waals surface area contributed by atoms with Crippen molar-refractivity contribution in [2.24, 2.45) is 0 Å². The molecule has 0 radical (unpaired) electrons. The number of hydrogen-bond acceptors (Lipinski definition) is 3. The van der Waals surface area contributed by atoms with Gasteiger partial charge in [-0.1, -0.05) is 66.6 Å². The van der Waals surface area contributed by atoms with Crippen molar-refractivity contribution in [1.82, 2.24) is 9.47 Å². The maximum Gasteiger partial charge on any atom is 0.119 e. The number of likely N-dealkylation sites (tertiary alicyclic amines) is 1. The van der Waals surface area contributed by atoms with Crippen molar-refractivity contribution in [3.8, 4) is 33.9 Å². The van der Waals surface area contributed by atoms with E-state index in [0.717, 1.165) is 36.6 Å². The predicted octanol–water partition coefficient (Wildman–Crippen LogP) is 8.21. The monoisotopic (exact) mass is 530 g/mol. The van der Waals surface area contributed by atoms with Gasteiger partial charge in [0.05, 0.1) is 5.69 Å². The Labute approximate surface area is 237 Å². The van der Waals surface area contributed by atoms with Gasteiger partial charge in [0.15, 0.2) is 0 Å². The van der Waals surface area contributed by atoms with Crippen molar-refractivity contribution in [2.75, 3.05) is 26.2 Å². The topological polar surface area (TPSA) is 37.6 Å². The molecule has 2 heterocycles. The van der Waals surface area contributed by atoms with Gasteiger partial charge in [0.1, 0.15) is 18.1 Å². The molecule has 6 rings (SSSR count). The Morgan fingerprint density at radius 1 is 0.725 bits per heavy atom. The Bertz CT molecular complexity index is 1580. The van der Waals surface area contributed by atoms with Crippen molar-refractivity contribution in [1.29, 1.82) is 0 Å². The van der Waals surface area contributed by atoms with Gasteiger partial charge in [-0.3, -0.25) is 4.90 Å². The molecule has 0 saturated carbocycles. The van der Waals surface area contributed by atoms with E-state index in [9.17, 15) is 5.11 Å². The van der Waals surface area contributed by atoms with E-state index in [-0.39, 0.29) is 5.75 Å². The van der Waals surface area contributed by atoms with Gasteiger partial charge in [-0.15, -0.1) is 0 Å². The van der Waals surface area contributed by atoms with Crippen molar-refractivity contribution < 1.29 is 9.84 Å². The third kappa shape index (κ3) is 5.64. The van der Waals surface area contributed by atoms with E-state index in [1.807, 2.05) is 12.1 Å². The van der Waals surface area contributed by atoms with Gasteiger partial charge < -0.3 is 14.4 Å². The number of ether oxygens (including phenoxy) is 1. The first-order valence-corrected chi connectivity index (χ1v) is 14.5. The van der Waals surface area contributed by atoms with Crippen molar-refractivity contribution in [2.45, 2.75) is 39.7 Å². The van der Waals surface area contributed by atoms with E-state index in [1.165, 1.54) is 71.2 Å². The average Bonchev–Trinajstić information content (AvgIpc) is 3.25. The van der Waals surface area contributed by atoms with E-state index in [4.69, 9.17) is 4.74 Å². The molecule has 0 unspecified atom stereocenters. The number of rotatable bonds is 8. The number of aryl methyl sites for hydroxylation is 2. The molecule has 0 aliphatic carbocycles. The van der Waals surface area contributed by atoms with E-state index < -0.39 is 0 Å². The normalized spacial score (nSPS) is 14.1. The van der Waals surface area contributed by atoms with Crippen LogP contribution in [0.5, 0.6) is 11.5 Å². The maximum absolute atomic E-state index is 9.75. The minimum absolute atomic E-state index is 0.284. The van der Waals surface area contributed by atoms with Gasteiger partial charge in [0, 0.05) is 24.0 Å². The molecule has 1 saturated heterocycles. The first-order valence-electron chi connectivity index (χ1n) is 14.5.